The zero-order valence-corrected chi connectivity index (χ0v) is 16.1. The molecule has 3 rings (SSSR count). The van der Waals surface area contributed by atoms with Crippen molar-refractivity contribution in [1.82, 2.24) is 15.8 Å². The number of carbonyl (C=O) groups is 1. The number of hydrogen-bond acceptors (Lipinski definition) is 5. The number of nitrogens with one attached hydrogen (secondary N) is 2. The minimum absolute atomic E-state index is 0.0241. The van der Waals surface area contributed by atoms with Crippen molar-refractivity contribution in [2.75, 3.05) is 7.05 Å². The standard InChI is InChI=1S/C19H24N4O3S/c1-13(14-8-10-16(11-9-14)27(20,25)26)23(2)19(24)18-12-17(21-22-18)15-6-4-3-5-7-15/h3-11,13,17-18,21-22H,12H2,1-2H3,(H2,20,25,26). The smallest absolute Gasteiger partial charge is 0.241 e. The molecule has 3 unspecified atom stereocenters. The van der Waals surface area contributed by atoms with Gasteiger partial charge in [0.05, 0.1) is 10.9 Å². The van der Waals surface area contributed by atoms with Gasteiger partial charge in [0.25, 0.3) is 0 Å². The molecule has 4 N–H and O–H groups in total. The minimum Gasteiger partial charge on any atom is -0.338 e. The third-order valence-corrected chi connectivity index (χ3v) is 5.95. The zero-order chi connectivity index (χ0) is 19.6. The molecule has 27 heavy (non-hydrogen) atoms. The van der Waals surface area contributed by atoms with E-state index in [9.17, 15) is 13.2 Å². The highest BCUT2D eigenvalue weighted by molar-refractivity contribution is 7.89. The van der Waals surface area contributed by atoms with Gasteiger partial charge in [-0.05, 0) is 36.6 Å². The van der Waals surface area contributed by atoms with Crippen molar-refractivity contribution in [3.63, 3.8) is 0 Å². The van der Waals surface area contributed by atoms with Gasteiger partial charge in [-0.3, -0.25) is 4.79 Å². The molecule has 144 valence electrons. The number of likely N-dealkylation sites (N-methyl/N-ethyl adjacent to an activating group) is 1. The van der Waals surface area contributed by atoms with Gasteiger partial charge in [0.2, 0.25) is 15.9 Å². The van der Waals surface area contributed by atoms with Crippen molar-refractivity contribution < 1.29 is 13.2 Å². The van der Waals surface area contributed by atoms with Crippen LogP contribution in [0.4, 0.5) is 0 Å². The predicted molar refractivity (Wildman–Crippen MR) is 103 cm³/mol. The second-order valence-corrected chi connectivity index (χ2v) is 8.34. The van der Waals surface area contributed by atoms with Crippen LogP contribution < -0.4 is 16.0 Å². The monoisotopic (exact) mass is 388 g/mol. The van der Waals surface area contributed by atoms with Crippen LogP contribution in [0, 0.1) is 0 Å². The predicted octanol–water partition coefficient (Wildman–Crippen LogP) is 1.46. The van der Waals surface area contributed by atoms with E-state index in [0.29, 0.717) is 6.42 Å². The van der Waals surface area contributed by atoms with Gasteiger partial charge >= 0.3 is 0 Å². The SMILES string of the molecule is CC(c1ccc(S(N)(=O)=O)cc1)N(C)C(=O)C1CC(c2ccccc2)NN1. The molecule has 1 heterocycles. The lowest BCUT2D eigenvalue weighted by molar-refractivity contribution is -0.133. The second-order valence-electron chi connectivity index (χ2n) is 6.78. The van der Waals surface area contributed by atoms with E-state index in [-0.39, 0.29) is 28.9 Å². The van der Waals surface area contributed by atoms with Crippen molar-refractivity contribution in [3.8, 4) is 0 Å². The molecule has 0 saturated carbocycles. The molecular weight excluding hydrogens is 364 g/mol. The van der Waals surface area contributed by atoms with Crippen molar-refractivity contribution in [2.24, 2.45) is 5.14 Å². The Kier molecular flexibility index (Phi) is 5.61. The maximum absolute atomic E-state index is 12.9. The summed E-state index contributed by atoms with van der Waals surface area (Å²) in [5.41, 5.74) is 8.24. The Labute approximate surface area is 159 Å². The van der Waals surface area contributed by atoms with Gasteiger partial charge < -0.3 is 4.90 Å². The van der Waals surface area contributed by atoms with E-state index < -0.39 is 10.0 Å². The fraction of sp³-hybridized carbons (Fsp3) is 0.316. The number of hydrogen-bond donors (Lipinski definition) is 3. The highest BCUT2D eigenvalue weighted by Crippen LogP contribution is 2.26. The molecule has 2 aromatic rings. The molecule has 8 heteroatoms. The third kappa shape index (κ3) is 4.36. The number of nitrogens with two attached hydrogens (primary N) is 1. The van der Waals surface area contributed by atoms with Gasteiger partial charge in [-0.1, -0.05) is 42.5 Å². The van der Waals surface area contributed by atoms with Crippen LogP contribution in [-0.4, -0.2) is 32.3 Å². The van der Waals surface area contributed by atoms with Gasteiger partial charge in [0, 0.05) is 13.1 Å². The topological polar surface area (TPSA) is 105 Å². The van der Waals surface area contributed by atoms with Gasteiger partial charge in [-0.25, -0.2) is 24.4 Å². The summed E-state index contributed by atoms with van der Waals surface area (Å²) in [5.74, 6) is -0.0241. The fourth-order valence-electron chi connectivity index (χ4n) is 3.22. The number of benzene rings is 2. The average molecular weight is 388 g/mol. The Morgan fingerprint density at radius 2 is 1.74 bits per heavy atom. The lowest BCUT2D eigenvalue weighted by Gasteiger charge is -2.28. The Hall–Kier alpha value is -2.26. The maximum Gasteiger partial charge on any atom is 0.241 e. The Balaban J connectivity index is 1.66. The molecule has 1 amide bonds. The van der Waals surface area contributed by atoms with Crippen LogP contribution in [0.5, 0.6) is 0 Å². The molecule has 1 aliphatic heterocycles. The second kappa shape index (κ2) is 7.77. The van der Waals surface area contributed by atoms with Crippen LogP contribution in [0.15, 0.2) is 59.5 Å². The summed E-state index contributed by atoms with van der Waals surface area (Å²) >= 11 is 0. The van der Waals surface area contributed by atoms with Crippen molar-refractivity contribution in [3.05, 3.63) is 65.7 Å². The summed E-state index contributed by atoms with van der Waals surface area (Å²) in [6.07, 6.45) is 0.657. The molecule has 0 aliphatic carbocycles. The van der Waals surface area contributed by atoms with E-state index in [1.54, 1.807) is 24.1 Å². The van der Waals surface area contributed by atoms with Gasteiger partial charge in [0.1, 0.15) is 6.04 Å². The minimum atomic E-state index is -3.73. The van der Waals surface area contributed by atoms with Gasteiger partial charge in [-0.15, -0.1) is 0 Å². The van der Waals surface area contributed by atoms with Gasteiger partial charge in [-0.2, -0.15) is 0 Å². The number of nitrogens with zero attached hydrogens (tertiary/aromatic N) is 1. The van der Waals surface area contributed by atoms with Crippen LogP contribution in [0.2, 0.25) is 0 Å². The maximum atomic E-state index is 12.9. The highest BCUT2D eigenvalue weighted by atomic mass is 32.2. The molecule has 0 spiro atoms. The van der Waals surface area contributed by atoms with E-state index in [2.05, 4.69) is 10.9 Å². The van der Waals surface area contributed by atoms with Crippen LogP contribution in [0.1, 0.15) is 36.6 Å². The lowest BCUT2D eigenvalue weighted by atomic mass is 10.0. The quantitative estimate of drug-likeness (QED) is 0.719. The molecule has 3 atom stereocenters. The van der Waals surface area contributed by atoms with E-state index in [4.69, 9.17) is 5.14 Å². The molecule has 0 aromatic heterocycles. The summed E-state index contributed by atoms with van der Waals surface area (Å²) in [7, 11) is -1.98. The van der Waals surface area contributed by atoms with E-state index in [1.807, 2.05) is 37.3 Å². The highest BCUT2D eigenvalue weighted by Gasteiger charge is 2.33. The van der Waals surface area contributed by atoms with Crippen molar-refractivity contribution >= 4 is 15.9 Å². The number of sulfonamides is 1. The summed E-state index contributed by atoms with van der Waals surface area (Å²) in [5, 5.41) is 5.13. The lowest BCUT2D eigenvalue weighted by Crippen LogP contribution is -2.44. The molecule has 0 bridgehead atoms. The summed E-state index contributed by atoms with van der Waals surface area (Å²) in [4.78, 5) is 14.6. The van der Waals surface area contributed by atoms with Crippen LogP contribution in [-0.2, 0) is 14.8 Å². The zero-order valence-electron chi connectivity index (χ0n) is 15.3. The number of primary sulfonamides is 1. The molecular formula is C19H24N4O3S. The van der Waals surface area contributed by atoms with E-state index in [1.165, 1.54) is 12.1 Å². The third-order valence-electron chi connectivity index (χ3n) is 5.02. The van der Waals surface area contributed by atoms with Crippen molar-refractivity contribution in [2.45, 2.75) is 36.4 Å². The first kappa shape index (κ1) is 19.5. The summed E-state index contributed by atoms with van der Waals surface area (Å²) in [6, 6.07) is 15.8. The molecule has 2 aromatic carbocycles. The Morgan fingerprint density at radius 1 is 1.11 bits per heavy atom. The van der Waals surface area contributed by atoms with E-state index >= 15 is 0 Å². The first-order chi connectivity index (χ1) is 12.8. The average Bonchev–Trinajstić information content (AvgIpc) is 3.16. The molecule has 7 nitrogen and oxygen atoms in total. The number of carbonyl (C=O) groups excluding carboxylic acids is 1. The number of rotatable bonds is 5. The Morgan fingerprint density at radius 3 is 2.33 bits per heavy atom. The molecule has 1 saturated heterocycles. The number of amides is 1. The summed E-state index contributed by atoms with van der Waals surface area (Å²) < 4.78 is 22.8. The molecule has 1 fully saturated rings. The summed E-state index contributed by atoms with van der Waals surface area (Å²) in [6.45, 7) is 1.90. The molecule has 1 aliphatic rings. The van der Waals surface area contributed by atoms with Crippen LogP contribution in [0.3, 0.4) is 0 Å². The van der Waals surface area contributed by atoms with Crippen LogP contribution in [0.25, 0.3) is 0 Å². The van der Waals surface area contributed by atoms with E-state index in [0.717, 1.165) is 11.1 Å². The Bertz CT molecular complexity index is 900. The molecule has 0 radical (unpaired) electrons. The fourth-order valence-corrected chi connectivity index (χ4v) is 3.73. The first-order valence-electron chi connectivity index (χ1n) is 8.73. The first-order valence-corrected chi connectivity index (χ1v) is 10.3. The van der Waals surface area contributed by atoms with Crippen LogP contribution >= 0.6 is 0 Å². The normalized spacial score (nSPS) is 21.0. The van der Waals surface area contributed by atoms with Crippen molar-refractivity contribution in [1.29, 1.82) is 0 Å². The largest absolute Gasteiger partial charge is 0.338 e. The van der Waals surface area contributed by atoms with Gasteiger partial charge in [0.15, 0.2) is 0 Å². The number of hydrazine groups is 1.